The molecule has 1 aliphatic heterocycles. The Bertz CT molecular complexity index is 519. The summed E-state index contributed by atoms with van der Waals surface area (Å²) in [4.78, 5) is 2.69. The highest BCUT2D eigenvalue weighted by molar-refractivity contribution is 7.17. The molecule has 0 amide bonds. The van der Waals surface area contributed by atoms with E-state index >= 15 is 0 Å². The quantitative estimate of drug-likeness (QED) is 0.900. The average Bonchev–Trinajstić information content (AvgIpc) is 2.63. The van der Waals surface area contributed by atoms with Crippen LogP contribution in [0.1, 0.15) is 25.6 Å². The van der Waals surface area contributed by atoms with Crippen LogP contribution in [-0.4, -0.2) is 31.9 Å². The van der Waals surface area contributed by atoms with Crippen LogP contribution in [0.3, 0.4) is 0 Å². The fraction of sp³-hybridized carbons (Fsp3) is 0.615. The maximum absolute atomic E-state index is 9.09. The summed E-state index contributed by atoms with van der Waals surface area (Å²) in [6.45, 7) is 7.68. The van der Waals surface area contributed by atoms with Gasteiger partial charge in [0, 0.05) is 13.1 Å². The Morgan fingerprint density at radius 3 is 2.79 bits per heavy atom. The molecule has 1 aliphatic rings. The molecular weight excluding hydrogens is 262 g/mol. The molecule has 2 rings (SSSR count). The van der Waals surface area contributed by atoms with Gasteiger partial charge >= 0.3 is 0 Å². The first-order valence-electron chi connectivity index (χ1n) is 6.17. The Morgan fingerprint density at radius 2 is 2.26 bits per heavy atom. The third kappa shape index (κ3) is 2.62. The molecule has 0 bridgehead atoms. The molecule has 0 aromatic carbocycles. The van der Waals surface area contributed by atoms with Gasteiger partial charge in [-0.2, -0.15) is 5.26 Å². The second-order valence-electron chi connectivity index (χ2n) is 5.36. The van der Waals surface area contributed by atoms with Gasteiger partial charge in [-0.15, -0.1) is 11.3 Å². The van der Waals surface area contributed by atoms with E-state index in [-0.39, 0.29) is 11.7 Å². The normalized spacial score (nSPS) is 22.1. The second kappa shape index (κ2) is 4.91. The van der Waals surface area contributed by atoms with Crippen molar-refractivity contribution < 1.29 is 9.47 Å². The van der Waals surface area contributed by atoms with Gasteiger partial charge < -0.3 is 20.1 Å². The number of hydrogen-bond donors (Lipinski definition) is 1. The summed E-state index contributed by atoms with van der Waals surface area (Å²) < 4.78 is 11.3. The third-order valence-electron chi connectivity index (χ3n) is 3.04. The highest BCUT2D eigenvalue weighted by Gasteiger charge is 2.34. The second-order valence-corrected chi connectivity index (χ2v) is 6.36. The van der Waals surface area contributed by atoms with E-state index in [1.807, 2.05) is 6.92 Å². The first-order valence-corrected chi connectivity index (χ1v) is 6.98. The summed E-state index contributed by atoms with van der Waals surface area (Å²) in [5, 5.41) is 10.0. The van der Waals surface area contributed by atoms with Crippen molar-refractivity contribution in [2.45, 2.75) is 32.5 Å². The Hall–Kier alpha value is -1.45. The van der Waals surface area contributed by atoms with Gasteiger partial charge in [0.15, 0.2) is 5.75 Å². The summed E-state index contributed by atoms with van der Waals surface area (Å²) in [6, 6.07) is 2.12. The molecule has 1 aromatic rings. The Balaban J connectivity index is 2.39. The topological polar surface area (TPSA) is 71.5 Å². The smallest absolute Gasteiger partial charge is 0.177 e. The van der Waals surface area contributed by atoms with Crippen molar-refractivity contribution in [3.05, 3.63) is 4.88 Å². The number of anilines is 2. The zero-order chi connectivity index (χ0) is 14.2. The first kappa shape index (κ1) is 14.0. The van der Waals surface area contributed by atoms with Crippen LogP contribution >= 0.6 is 11.3 Å². The van der Waals surface area contributed by atoms with Gasteiger partial charge in [0.05, 0.1) is 18.8 Å². The maximum atomic E-state index is 9.09. The molecule has 1 saturated heterocycles. The largest absolute Gasteiger partial charge is 0.492 e. The lowest BCUT2D eigenvalue weighted by Crippen LogP contribution is -2.51. The van der Waals surface area contributed by atoms with Gasteiger partial charge in [-0.3, -0.25) is 0 Å². The van der Waals surface area contributed by atoms with Crippen LogP contribution in [0.15, 0.2) is 0 Å². The van der Waals surface area contributed by atoms with E-state index in [0.717, 1.165) is 18.1 Å². The number of nitrogens with two attached hydrogens (primary N) is 1. The minimum absolute atomic E-state index is 0.127. The van der Waals surface area contributed by atoms with E-state index < -0.39 is 0 Å². The Morgan fingerprint density at radius 1 is 1.58 bits per heavy atom. The van der Waals surface area contributed by atoms with Crippen LogP contribution in [0, 0.1) is 11.3 Å². The number of nitrogens with zero attached hydrogens (tertiary/aromatic N) is 2. The number of nitrogen functional groups attached to an aromatic ring is 1. The highest BCUT2D eigenvalue weighted by Crippen LogP contribution is 2.45. The molecule has 1 fully saturated rings. The summed E-state index contributed by atoms with van der Waals surface area (Å²) in [6.07, 6.45) is 0.127. The van der Waals surface area contributed by atoms with E-state index in [2.05, 4.69) is 24.8 Å². The molecule has 104 valence electrons. The molecule has 2 N–H and O–H groups in total. The van der Waals surface area contributed by atoms with E-state index in [4.69, 9.17) is 20.5 Å². The predicted octanol–water partition coefficient (Wildman–Crippen LogP) is 2.21. The minimum atomic E-state index is -0.228. The van der Waals surface area contributed by atoms with E-state index in [1.54, 1.807) is 7.11 Å². The fourth-order valence-corrected chi connectivity index (χ4v) is 3.51. The molecular formula is C13H19N3O2S. The molecule has 0 aliphatic carbocycles. The van der Waals surface area contributed by atoms with Gasteiger partial charge in [-0.25, -0.2) is 0 Å². The van der Waals surface area contributed by atoms with Crippen molar-refractivity contribution in [2.75, 3.05) is 30.8 Å². The molecule has 19 heavy (non-hydrogen) atoms. The third-order valence-corrected chi connectivity index (χ3v) is 4.20. The number of methoxy groups -OCH3 is 1. The van der Waals surface area contributed by atoms with Crippen molar-refractivity contribution in [1.82, 2.24) is 0 Å². The SMILES string of the molecule is COc1c(N2CC(C)OC(C)(C)C2)sc(C#N)c1N. The lowest BCUT2D eigenvalue weighted by Gasteiger charge is -2.42. The fourth-order valence-electron chi connectivity index (χ4n) is 2.51. The molecule has 2 heterocycles. The van der Waals surface area contributed by atoms with Gasteiger partial charge in [0.1, 0.15) is 21.6 Å². The van der Waals surface area contributed by atoms with Crippen LogP contribution in [0.5, 0.6) is 5.75 Å². The number of ether oxygens (including phenoxy) is 2. The molecule has 1 unspecified atom stereocenters. The molecule has 5 nitrogen and oxygen atoms in total. The van der Waals surface area contributed by atoms with Crippen LogP contribution in [0.4, 0.5) is 10.7 Å². The van der Waals surface area contributed by atoms with Crippen molar-refractivity contribution in [3.63, 3.8) is 0 Å². The molecule has 1 aromatic heterocycles. The van der Waals surface area contributed by atoms with Gasteiger partial charge in [0.25, 0.3) is 0 Å². The van der Waals surface area contributed by atoms with E-state index in [1.165, 1.54) is 11.3 Å². The van der Waals surface area contributed by atoms with Crippen molar-refractivity contribution in [3.8, 4) is 11.8 Å². The highest BCUT2D eigenvalue weighted by atomic mass is 32.1. The predicted molar refractivity (Wildman–Crippen MR) is 76.8 cm³/mol. The maximum Gasteiger partial charge on any atom is 0.177 e. The Labute approximate surface area is 117 Å². The molecule has 0 spiro atoms. The average molecular weight is 281 g/mol. The Kier molecular flexibility index (Phi) is 3.61. The van der Waals surface area contributed by atoms with Crippen LogP contribution in [0.25, 0.3) is 0 Å². The van der Waals surface area contributed by atoms with Crippen molar-refractivity contribution in [2.24, 2.45) is 0 Å². The van der Waals surface area contributed by atoms with Gasteiger partial charge in [-0.05, 0) is 20.8 Å². The van der Waals surface area contributed by atoms with Gasteiger partial charge in [0.2, 0.25) is 0 Å². The standard InChI is InChI=1S/C13H19N3O2S/c1-8-6-16(7-13(2,3)18-8)12-11(17-4)10(15)9(5-14)19-12/h8H,6-7,15H2,1-4H3. The van der Waals surface area contributed by atoms with Crippen molar-refractivity contribution in [1.29, 1.82) is 5.26 Å². The first-order chi connectivity index (χ1) is 8.88. The summed E-state index contributed by atoms with van der Waals surface area (Å²) in [5.74, 6) is 0.603. The van der Waals surface area contributed by atoms with Crippen LogP contribution in [0.2, 0.25) is 0 Å². The summed E-state index contributed by atoms with van der Waals surface area (Å²) >= 11 is 1.38. The number of rotatable bonds is 2. The molecule has 1 atom stereocenters. The van der Waals surface area contributed by atoms with Crippen molar-refractivity contribution >= 4 is 22.0 Å². The zero-order valence-electron chi connectivity index (χ0n) is 11.7. The van der Waals surface area contributed by atoms with E-state index in [9.17, 15) is 0 Å². The van der Waals surface area contributed by atoms with Crippen LogP contribution < -0.4 is 15.4 Å². The number of nitriles is 1. The lowest BCUT2D eigenvalue weighted by molar-refractivity contribution is -0.0748. The number of hydrogen-bond acceptors (Lipinski definition) is 6. The summed E-state index contributed by atoms with van der Waals surface area (Å²) in [5.41, 5.74) is 6.14. The van der Waals surface area contributed by atoms with Gasteiger partial charge in [-0.1, -0.05) is 0 Å². The molecule has 0 saturated carbocycles. The lowest BCUT2D eigenvalue weighted by atomic mass is 10.1. The number of morpholine rings is 1. The monoisotopic (exact) mass is 281 g/mol. The molecule has 0 radical (unpaired) electrons. The number of thiophene rings is 1. The molecule has 6 heteroatoms. The van der Waals surface area contributed by atoms with E-state index in [0.29, 0.717) is 16.3 Å². The minimum Gasteiger partial charge on any atom is -0.492 e. The zero-order valence-corrected chi connectivity index (χ0v) is 12.5. The van der Waals surface area contributed by atoms with Crippen LogP contribution in [-0.2, 0) is 4.74 Å². The summed E-state index contributed by atoms with van der Waals surface area (Å²) in [7, 11) is 1.58.